The second-order valence-corrected chi connectivity index (χ2v) is 7.42. The van der Waals surface area contributed by atoms with E-state index in [-0.39, 0.29) is 5.91 Å². The van der Waals surface area contributed by atoms with Crippen LogP contribution in [0.1, 0.15) is 32.3 Å². The van der Waals surface area contributed by atoms with Crippen molar-refractivity contribution in [2.45, 2.75) is 33.6 Å². The van der Waals surface area contributed by atoms with E-state index in [2.05, 4.69) is 50.7 Å². The van der Waals surface area contributed by atoms with Gasteiger partial charge in [0.1, 0.15) is 0 Å². The lowest BCUT2D eigenvalue weighted by Gasteiger charge is -2.13. The molecular formula is C19H31BrN4O2. The van der Waals surface area contributed by atoms with Crippen molar-refractivity contribution in [2.75, 3.05) is 38.7 Å². The first kappa shape index (κ1) is 22.4. The molecule has 0 fully saturated rings. The number of aryl methyl sites for hydroxylation is 1. The van der Waals surface area contributed by atoms with Gasteiger partial charge in [-0.25, -0.2) is 0 Å². The number of nitrogens with zero attached hydrogens (tertiary/aromatic N) is 1. The fourth-order valence-corrected chi connectivity index (χ4v) is 2.52. The molecule has 1 aromatic rings. The Hall–Kier alpha value is -1.60. The van der Waals surface area contributed by atoms with Crippen molar-refractivity contribution >= 4 is 33.5 Å². The highest BCUT2D eigenvalue weighted by Crippen LogP contribution is 2.20. The maximum absolute atomic E-state index is 12.1. The van der Waals surface area contributed by atoms with Gasteiger partial charge >= 0.3 is 0 Å². The molecule has 0 aromatic heterocycles. The van der Waals surface area contributed by atoms with Crippen LogP contribution in [0.3, 0.4) is 0 Å². The van der Waals surface area contributed by atoms with Crippen LogP contribution in [0.2, 0.25) is 0 Å². The van der Waals surface area contributed by atoms with E-state index in [0.717, 1.165) is 41.9 Å². The summed E-state index contributed by atoms with van der Waals surface area (Å²) in [6, 6.07) is 5.83. The molecule has 0 heterocycles. The molecule has 0 atom stereocenters. The lowest BCUT2D eigenvalue weighted by molar-refractivity contribution is -0.116. The quantitative estimate of drug-likeness (QED) is 0.304. The van der Waals surface area contributed by atoms with Crippen molar-refractivity contribution in [2.24, 2.45) is 10.9 Å². The molecule has 6 nitrogen and oxygen atoms in total. The molecule has 1 rings (SSSR count). The summed E-state index contributed by atoms with van der Waals surface area (Å²) in [5.74, 6) is 1.22. The minimum atomic E-state index is -0.0313. The average molecular weight is 427 g/mol. The summed E-state index contributed by atoms with van der Waals surface area (Å²) in [5, 5.41) is 9.30. The summed E-state index contributed by atoms with van der Waals surface area (Å²) in [5.41, 5.74) is 1.86. The van der Waals surface area contributed by atoms with Crippen LogP contribution in [0.4, 0.5) is 5.69 Å². The first-order valence-corrected chi connectivity index (χ1v) is 9.80. The average Bonchev–Trinajstić information content (AvgIpc) is 2.59. The molecule has 7 heteroatoms. The van der Waals surface area contributed by atoms with Gasteiger partial charge in [0, 0.05) is 49.9 Å². The maximum atomic E-state index is 12.1. The predicted octanol–water partition coefficient (Wildman–Crippen LogP) is 3.31. The first-order chi connectivity index (χ1) is 12.4. The summed E-state index contributed by atoms with van der Waals surface area (Å²) < 4.78 is 6.48. The number of halogens is 1. The van der Waals surface area contributed by atoms with Gasteiger partial charge < -0.3 is 20.7 Å². The molecule has 0 aliphatic heterocycles. The molecule has 0 radical (unpaired) electrons. The summed E-state index contributed by atoms with van der Waals surface area (Å²) in [6.45, 7) is 9.06. The number of hydrogen-bond donors (Lipinski definition) is 3. The molecular weight excluding hydrogens is 396 g/mol. The van der Waals surface area contributed by atoms with Gasteiger partial charge in [-0.1, -0.05) is 35.8 Å². The zero-order valence-electron chi connectivity index (χ0n) is 16.2. The van der Waals surface area contributed by atoms with E-state index >= 15 is 0 Å². The van der Waals surface area contributed by atoms with Crippen LogP contribution in [0, 0.1) is 12.8 Å². The van der Waals surface area contributed by atoms with E-state index in [0.29, 0.717) is 24.8 Å². The zero-order chi connectivity index (χ0) is 19.4. The number of benzene rings is 1. The van der Waals surface area contributed by atoms with Crippen molar-refractivity contribution < 1.29 is 9.53 Å². The Morgan fingerprint density at radius 3 is 2.69 bits per heavy atom. The highest BCUT2D eigenvalue weighted by atomic mass is 79.9. The molecule has 0 aliphatic rings. The van der Waals surface area contributed by atoms with E-state index in [4.69, 9.17) is 4.74 Å². The molecule has 146 valence electrons. The lowest BCUT2D eigenvalue weighted by atomic mass is 10.2. The molecule has 0 bridgehead atoms. The number of hydrogen-bond acceptors (Lipinski definition) is 3. The molecule has 0 spiro atoms. The highest BCUT2D eigenvalue weighted by Gasteiger charge is 2.06. The van der Waals surface area contributed by atoms with Gasteiger partial charge in [-0.05, 0) is 37.0 Å². The molecule has 3 N–H and O–H groups in total. The molecule has 1 aromatic carbocycles. The van der Waals surface area contributed by atoms with E-state index in [1.165, 1.54) is 0 Å². The fraction of sp³-hybridized carbons (Fsp3) is 0.579. The van der Waals surface area contributed by atoms with Gasteiger partial charge in [0.25, 0.3) is 0 Å². The Kier molecular flexibility index (Phi) is 11.0. The van der Waals surface area contributed by atoms with Gasteiger partial charge in [0.2, 0.25) is 5.91 Å². The zero-order valence-corrected chi connectivity index (χ0v) is 17.8. The van der Waals surface area contributed by atoms with Gasteiger partial charge in [-0.2, -0.15) is 0 Å². The van der Waals surface area contributed by atoms with E-state index in [9.17, 15) is 4.79 Å². The Balaban J connectivity index is 2.21. The van der Waals surface area contributed by atoms with Crippen molar-refractivity contribution in [3.05, 3.63) is 28.2 Å². The van der Waals surface area contributed by atoms with E-state index in [1.54, 1.807) is 7.05 Å². The standard InChI is InChI=1S/C19H31BrN4O2/c1-14(2)13-26-11-5-9-22-19(21-4)23-10-8-18(25)24-17-12-16(20)7-6-15(17)3/h6-7,12,14H,5,8-11,13H2,1-4H3,(H,24,25)(H2,21,22,23). The number of carbonyl (C=O) groups excluding carboxylic acids is 1. The SMILES string of the molecule is CN=C(NCCCOCC(C)C)NCCC(=O)Nc1cc(Br)ccc1C. The first-order valence-electron chi connectivity index (χ1n) is 9.00. The van der Waals surface area contributed by atoms with Gasteiger partial charge in [0.15, 0.2) is 5.96 Å². The fourth-order valence-electron chi connectivity index (χ4n) is 2.16. The smallest absolute Gasteiger partial charge is 0.226 e. The van der Waals surface area contributed by atoms with Gasteiger partial charge in [-0.3, -0.25) is 9.79 Å². The number of aliphatic imine (C=N–C) groups is 1. The van der Waals surface area contributed by atoms with E-state index in [1.807, 2.05) is 25.1 Å². The van der Waals surface area contributed by atoms with Crippen LogP contribution in [0.15, 0.2) is 27.7 Å². The van der Waals surface area contributed by atoms with Crippen LogP contribution in [-0.2, 0) is 9.53 Å². The van der Waals surface area contributed by atoms with Crippen LogP contribution < -0.4 is 16.0 Å². The highest BCUT2D eigenvalue weighted by molar-refractivity contribution is 9.10. The largest absolute Gasteiger partial charge is 0.381 e. The Bertz CT molecular complexity index is 591. The van der Waals surface area contributed by atoms with Crippen molar-refractivity contribution in [3.63, 3.8) is 0 Å². The van der Waals surface area contributed by atoms with Gasteiger partial charge in [-0.15, -0.1) is 0 Å². The molecule has 1 amide bonds. The molecule has 0 aliphatic carbocycles. The van der Waals surface area contributed by atoms with Gasteiger partial charge in [0.05, 0.1) is 0 Å². The number of rotatable bonds is 10. The molecule has 0 unspecified atom stereocenters. The summed E-state index contributed by atoms with van der Waals surface area (Å²) in [6.07, 6.45) is 1.28. The third-order valence-electron chi connectivity index (χ3n) is 3.55. The third-order valence-corrected chi connectivity index (χ3v) is 4.04. The monoisotopic (exact) mass is 426 g/mol. The minimum absolute atomic E-state index is 0.0313. The van der Waals surface area contributed by atoms with Crippen LogP contribution in [0.25, 0.3) is 0 Å². The van der Waals surface area contributed by atoms with Crippen molar-refractivity contribution in [3.8, 4) is 0 Å². The Morgan fingerprint density at radius 2 is 2.00 bits per heavy atom. The molecule has 0 saturated carbocycles. The van der Waals surface area contributed by atoms with Crippen molar-refractivity contribution in [1.82, 2.24) is 10.6 Å². The van der Waals surface area contributed by atoms with Crippen LogP contribution in [0.5, 0.6) is 0 Å². The van der Waals surface area contributed by atoms with Crippen LogP contribution >= 0.6 is 15.9 Å². The topological polar surface area (TPSA) is 74.8 Å². The third kappa shape index (κ3) is 9.77. The predicted molar refractivity (Wildman–Crippen MR) is 112 cm³/mol. The summed E-state index contributed by atoms with van der Waals surface area (Å²) in [4.78, 5) is 16.2. The number of carbonyl (C=O) groups is 1. The summed E-state index contributed by atoms with van der Waals surface area (Å²) in [7, 11) is 1.72. The van der Waals surface area contributed by atoms with Crippen molar-refractivity contribution in [1.29, 1.82) is 0 Å². The minimum Gasteiger partial charge on any atom is -0.381 e. The second-order valence-electron chi connectivity index (χ2n) is 6.51. The number of nitrogens with one attached hydrogen (secondary N) is 3. The van der Waals surface area contributed by atoms with E-state index < -0.39 is 0 Å². The molecule has 0 saturated heterocycles. The Morgan fingerprint density at radius 1 is 1.27 bits per heavy atom. The van der Waals surface area contributed by atoms with Crippen LogP contribution in [-0.4, -0.2) is 45.2 Å². The Labute approximate surface area is 165 Å². The number of guanidine groups is 1. The summed E-state index contributed by atoms with van der Waals surface area (Å²) >= 11 is 3.42. The number of ether oxygens (including phenoxy) is 1. The molecule has 26 heavy (non-hydrogen) atoms. The number of amides is 1. The maximum Gasteiger partial charge on any atom is 0.226 e. The second kappa shape index (κ2) is 12.7. The lowest BCUT2D eigenvalue weighted by Crippen LogP contribution is -2.39. The normalized spacial score (nSPS) is 11.5. The number of anilines is 1.